The molecular weight excluding hydrogens is 643 g/mol. The molecule has 3 heterocycles. The second kappa shape index (κ2) is 15.7. The van der Waals surface area contributed by atoms with Gasteiger partial charge < -0.3 is 20.5 Å². The Morgan fingerprint density at radius 3 is 2.41 bits per heavy atom. The van der Waals surface area contributed by atoms with Gasteiger partial charge in [-0.3, -0.25) is 24.2 Å². The maximum absolute atomic E-state index is 13.6. The first-order valence-electron chi connectivity index (χ1n) is 13.8. The van der Waals surface area contributed by atoms with Crippen LogP contribution >= 0.6 is 23.5 Å². The molecule has 3 atom stereocenters. The molecule has 0 radical (unpaired) electrons. The number of benzene rings is 2. The maximum Gasteiger partial charge on any atom is 1.00 e. The number of aromatic nitrogens is 4. The van der Waals surface area contributed by atoms with Crippen LogP contribution in [0, 0.1) is 0 Å². The second-order valence-electron chi connectivity index (χ2n) is 10.2. The van der Waals surface area contributed by atoms with Crippen LogP contribution in [0.4, 0.5) is 4.79 Å². The number of fused-ring (bicyclic) bond motifs is 1. The fourth-order valence-corrected chi connectivity index (χ4v) is 7.19. The number of aliphatic carboxylic acids is 1. The predicted octanol–water partition coefficient (Wildman–Crippen LogP) is -2.75. The van der Waals surface area contributed by atoms with Crippen molar-refractivity contribution in [1.29, 1.82) is 0 Å². The van der Waals surface area contributed by atoms with Gasteiger partial charge in [-0.25, -0.2) is 9.48 Å². The fraction of sp³-hybridized carbons (Fsp3) is 0.310. The summed E-state index contributed by atoms with van der Waals surface area (Å²) >= 11 is 2.52. The first-order chi connectivity index (χ1) is 21.7. The van der Waals surface area contributed by atoms with Gasteiger partial charge in [0.05, 0.1) is 11.7 Å². The van der Waals surface area contributed by atoms with Crippen LogP contribution in [0.5, 0.6) is 0 Å². The van der Waals surface area contributed by atoms with Gasteiger partial charge in [-0.15, -0.1) is 16.9 Å². The molecule has 3 aromatic rings. The number of amides is 5. The van der Waals surface area contributed by atoms with Crippen LogP contribution in [-0.4, -0.2) is 89.7 Å². The number of carbonyl (C=O) groups excluding carboxylic acids is 5. The predicted molar refractivity (Wildman–Crippen MR) is 162 cm³/mol. The first-order valence-corrected chi connectivity index (χ1v) is 15.9. The third-order valence-electron chi connectivity index (χ3n) is 7.31. The number of thioether (sulfide) groups is 2. The molecule has 0 aliphatic carbocycles. The van der Waals surface area contributed by atoms with E-state index in [4.69, 9.17) is 0 Å². The normalized spacial score (nSPS) is 17.6. The van der Waals surface area contributed by atoms with Crippen LogP contribution in [0.1, 0.15) is 23.6 Å². The summed E-state index contributed by atoms with van der Waals surface area (Å²) < 4.78 is 1.45. The van der Waals surface area contributed by atoms with Crippen molar-refractivity contribution < 1.29 is 58.6 Å². The van der Waals surface area contributed by atoms with Gasteiger partial charge in [-0.2, -0.15) is 0 Å². The van der Waals surface area contributed by atoms with Gasteiger partial charge in [0, 0.05) is 32.0 Å². The van der Waals surface area contributed by atoms with Crippen LogP contribution in [-0.2, 0) is 32.6 Å². The Hall–Kier alpha value is -3.70. The molecule has 1 fully saturated rings. The Kier molecular flexibility index (Phi) is 12.0. The van der Waals surface area contributed by atoms with E-state index in [1.807, 2.05) is 30.3 Å². The van der Waals surface area contributed by atoms with E-state index in [2.05, 4.69) is 26.2 Å². The SMILES string of the molecule is CN(C(=O)CCc1ccccc1)C(=O)N[C@@H](C(=O)NC1C(=O)N2C(C(=O)[O-])=C(CSc3nnnn3C)CS[C@H]12)c1ccccc1.[Na+]. The van der Waals surface area contributed by atoms with E-state index in [9.17, 15) is 29.1 Å². The third-order valence-corrected chi connectivity index (χ3v) is 9.74. The minimum atomic E-state index is -1.50. The Bertz CT molecular complexity index is 1640. The number of nitrogens with zero attached hydrogens (tertiary/aromatic N) is 6. The molecule has 2 aromatic carbocycles. The molecule has 5 rings (SSSR count). The van der Waals surface area contributed by atoms with Gasteiger partial charge in [0.2, 0.25) is 17.0 Å². The number of rotatable bonds is 11. The van der Waals surface area contributed by atoms with Gasteiger partial charge in [0.15, 0.2) is 0 Å². The minimum absolute atomic E-state index is 0. The molecule has 2 N–H and O–H groups in total. The van der Waals surface area contributed by atoms with Crippen molar-refractivity contribution in [3.05, 3.63) is 83.1 Å². The molecule has 14 nitrogen and oxygen atoms in total. The van der Waals surface area contributed by atoms with E-state index in [-0.39, 0.29) is 53.2 Å². The summed E-state index contributed by atoms with van der Waals surface area (Å²) in [5, 5.41) is 28.4. The van der Waals surface area contributed by atoms with Gasteiger partial charge in [-0.1, -0.05) is 72.4 Å². The molecule has 0 spiro atoms. The average molecular weight is 673 g/mol. The van der Waals surface area contributed by atoms with Crippen molar-refractivity contribution in [3.63, 3.8) is 0 Å². The van der Waals surface area contributed by atoms with Gasteiger partial charge in [0.25, 0.3) is 5.91 Å². The third kappa shape index (κ3) is 7.81. The zero-order valence-corrected chi connectivity index (χ0v) is 28.9. The largest absolute Gasteiger partial charge is 1.00 e. The Balaban J connectivity index is 0.00000480. The number of carbonyl (C=O) groups is 5. The summed E-state index contributed by atoms with van der Waals surface area (Å²) in [7, 11) is 2.99. The monoisotopic (exact) mass is 672 g/mol. The van der Waals surface area contributed by atoms with Gasteiger partial charge in [0.1, 0.15) is 17.5 Å². The number of aryl methyl sites for hydroxylation is 2. The number of carboxylic acid groups (broad SMARTS) is 1. The molecule has 1 saturated heterocycles. The van der Waals surface area contributed by atoms with E-state index in [0.717, 1.165) is 15.4 Å². The standard InChI is InChI=1S/C29H30N8O6S2.Na/c1-35(20(38)14-13-17-9-5-3-6-10-17)28(43)31-21(18-11-7-4-8-12-18)24(39)30-22-25(40)37-23(27(41)42)19(15-44-26(22)37)16-45-29-32-33-34-36(29)2;/h3-12,21-22,26H,13-16H2,1-2H3,(H,30,39)(H,31,43)(H,41,42);/q;+1/p-1/t21-,22?,26-;/m1./s1. The Morgan fingerprint density at radius 1 is 1.11 bits per heavy atom. The van der Waals surface area contributed by atoms with Gasteiger partial charge >= 0.3 is 35.6 Å². The van der Waals surface area contributed by atoms with Crippen LogP contribution in [0.2, 0.25) is 0 Å². The molecule has 2 aliphatic heterocycles. The molecule has 0 bridgehead atoms. The first kappa shape index (κ1) is 35.2. The number of hydrogen-bond acceptors (Lipinski definition) is 11. The van der Waals surface area contributed by atoms with Crippen molar-refractivity contribution in [1.82, 2.24) is 40.6 Å². The van der Waals surface area contributed by atoms with Crippen molar-refractivity contribution in [2.45, 2.75) is 35.5 Å². The minimum Gasteiger partial charge on any atom is -0.543 e. The summed E-state index contributed by atoms with van der Waals surface area (Å²) in [6.45, 7) is 0. The quantitative estimate of drug-likeness (QED) is 0.122. The van der Waals surface area contributed by atoms with Crippen molar-refractivity contribution in [3.8, 4) is 0 Å². The van der Waals surface area contributed by atoms with E-state index < -0.39 is 47.2 Å². The summed E-state index contributed by atoms with van der Waals surface area (Å²) in [5.74, 6) is -2.74. The molecule has 0 saturated carbocycles. The van der Waals surface area contributed by atoms with Gasteiger partial charge in [-0.05, 0) is 33.5 Å². The molecule has 2 aliphatic rings. The van der Waals surface area contributed by atoms with Crippen LogP contribution in [0.15, 0.2) is 77.1 Å². The van der Waals surface area contributed by atoms with Crippen LogP contribution in [0.3, 0.4) is 0 Å². The number of imide groups is 1. The Labute approximate surface area is 295 Å². The number of β-lactam (4-membered cyclic amide) rings is 1. The molecular formula is C29H29N8NaO6S2. The number of urea groups is 1. The molecule has 5 amide bonds. The fourth-order valence-electron chi connectivity index (χ4n) is 4.86. The summed E-state index contributed by atoms with van der Waals surface area (Å²) in [4.78, 5) is 66.9. The zero-order valence-electron chi connectivity index (χ0n) is 25.3. The summed E-state index contributed by atoms with van der Waals surface area (Å²) in [5.41, 5.74) is 1.62. The number of tetrazole rings is 1. The molecule has 1 unspecified atom stereocenters. The summed E-state index contributed by atoms with van der Waals surface area (Å²) in [6, 6.07) is 14.7. The van der Waals surface area contributed by atoms with Crippen molar-refractivity contribution in [2.24, 2.45) is 7.05 Å². The number of nitrogens with one attached hydrogen (secondary N) is 2. The number of hydrogen-bond donors (Lipinski definition) is 2. The smallest absolute Gasteiger partial charge is 0.543 e. The van der Waals surface area contributed by atoms with E-state index >= 15 is 0 Å². The summed E-state index contributed by atoms with van der Waals surface area (Å²) in [6.07, 6.45) is 0.533. The van der Waals surface area contributed by atoms with E-state index in [1.54, 1.807) is 37.4 Å². The van der Waals surface area contributed by atoms with Crippen molar-refractivity contribution >= 4 is 53.2 Å². The van der Waals surface area contributed by atoms with Crippen molar-refractivity contribution in [2.75, 3.05) is 18.6 Å². The molecule has 17 heteroatoms. The number of carboxylic acids is 1. The maximum atomic E-state index is 13.6. The molecule has 234 valence electrons. The van der Waals surface area contributed by atoms with Crippen LogP contribution < -0.4 is 45.3 Å². The van der Waals surface area contributed by atoms with E-state index in [0.29, 0.717) is 22.7 Å². The molecule has 1 aromatic heterocycles. The molecule has 46 heavy (non-hydrogen) atoms. The second-order valence-corrected chi connectivity index (χ2v) is 12.3. The Morgan fingerprint density at radius 2 is 1.78 bits per heavy atom. The van der Waals surface area contributed by atoms with Crippen LogP contribution in [0.25, 0.3) is 0 Å². The topological polar surface area (TPSA) is 183 Å². The average Bonchev–Trinajstić information content (AvgIpc) is 3.47. The van der Waals surface area contributed by atoms with E-state index in [1.165, 1.54) is 35.3 Å². The zero-order chi connectivity index (χ0) is 32.1.